The summed E-state index contributed by atoms with van der Waals surface area (Å²) >= 11 is 11.6. The number of benzene rings is 1. The van der Waals surface area contributed by atoms with Crippen LogP contribution in [-0.4, -0.2) is 36.3 Å². The van der Waals surface area contributed by atoms with Crippen molar-refractivity contribution in [3.05, 3.63) is 22.2 Å². The highest BCUT2D eigenvalue weighted by atomic mass is 35.5. The molecule has 0 spiro atoms. The molecule has 0 radical (unpaired) electrons. The zero-order valence-corrected chi connectivity index (χ0v) is 13.4. The van der Waals surface area contributed by atoms with Crippen LogP contribution in [0.3, 0.4) is 0 Å². The predicted octanol–water partition coefficient (Wildman–Crippen LogP) is 1.03. The first kappa shape index (κ1) is 17.5. The van der Waals surface area contributed by atoms with Gasteiger partial charge in [-0.05, 0) is 12.1 Å². The smallest absolute Gasteiger partial charge is 0.238 e. The molecule has 20 heavy (non-hydrogen) atoms. The van der Waals surface area contributed by atoms with Crippen LogP contribution in [0, 0.1) is 0 Å². The van der Waals surface area contributed by atoms with Gasteiger partial charge in [0.15, 0.2) is 0 Å². The number of sulfonamides is 2. The SMILES string of the molecule is COCCS(=O)(=O)Nc1c(Cl)cc(S(N)(=O)=O)cc1Cl. The van der Waals surface area contributed by atoms with Crippen molar-refractivity contribution in [1.29, 1.82) is 0 Å². The molecular weight excluding hydrogens is 351 g/mol. The number of primary sulfonamides is 1. The van der Waals surface area contributed by atoms with E-state index < -0.39 is 20.0 Å². The molecule has 0 fully saturated rings. The normalized spacial score (nSPS) is 12.4. The third-order valence-corrected chi connectivity index (χ3v) is 4.87. The molecule has 1 aromatic carbocycles. The van der Waals surface area contributed by atoms with Crippen LogP contribution in [0.25, 0.3) is 0 Å². The summed E-state index contributed by atoms with van der Waals surface area (Å²) < 4.78 is 52.6. The zero-order valence-electron chi connectivity index (χ0n) is 10.3. The van der Waals surface area contributed by atoms with Gasteiger partial charge in [-0.15, -0.1) is 0 Å². The van der Waals surface area contributed by atoms with Crippen molar-refractivity contribution in [2.75, 3.05) is 24.2 Å². The second-order valence-corrected chi connectivity index (χ2v) is 7.94. The molecule has 0 aromatic heterocycles. The van der Waals surface area contributed by atoms with Gasteiger partial charge in [0.1, 0.15) is 0 Å². The summed E-state index contributed by atoms with van der Waals surface area (Å²) in [4.78, 5) is -0.313. The molecule has 0 heterocycles. The number of ether oxygens (including phenoxy) is 1. The van der Waals surface area contributed by atoms with Gasteiger partial charge in [0.25, 0.3) is 0 Å². The lowest BCUT2D eigenvalue weighted by molar-refractivity contribution is 0.217. The lowest BCUT2D eigenvalue weighted by Gasteiger charge is -2.12. The van der Waals surface area contributed by atoms with E-state index in [9.17, 15) is 16.8 Å². The van der Waals surface area contributed by atoms with Crippen LogP contribution < -0.4 is 9.86 Å². The molecule has 0 aliphatic rings. The van der Waals surface area contributed by atoms with E-state index in [0.29, 0.717) is 0 Å². The average Bonchev–Trinajstić information content (AvgIpc) is 2.30. The molecule has 0 saturated heterocycles. The van der Waals surface area contributed by atoms with Crippen LogP contribution in [-0.2, 0) is 24.8 Å². The van der Waals surface area contributed by atoms with Crippen LogP contribution >= 0.6 is 23.2 Å². The highest BCUT2D eigenvalue weighted by Gasteiger charge is 2.18. The molecule has 11 heteroatoms. The highest BCUT2D eigenvalue weighted by molar-refractivity contribution is 7.92. The summed E-state index contributed by atoms with van der Waals surface area (Å²) in [6.07, 6.45) is 0. The molecule has 0 unspecified atom stereocenters. The fraction of sp³-hybridized carbons (Fsp3) is 0.333. The maximum absolute atomic E-state index is 11.7. The summed E-state index contributed by atoms with van der Waals surface area (Å²) in [7, 11) is -6.35. The summed E-state index contributed by atoms with van der Waals surface area (Å²) in [6, 6.07) is 2.02. The Morgan fingerprint density at radius 3 is 2.10 bits per heavy atom. The Hall–Kier alpha value is -0.580. The Morgan fingerprint density at radius 2 is 1.70 bits per heavy atom. The van der Waals surface area contributed by atoms with Gasteiger partial charge in [0.2, 0.25) is 20.0 Å². The first-order chi connectivity index (χ1) is 9.07. The maximum Gasteiger partial charge on any atom is 0.238 e. The molecular formula is C9H12Cl2N2O5S2. The van der Waals surface area contributed by atoms with E-state index in [1.54, 1.807) is 0 Å². The van der Waals surface area contributed by atoms with Crippen molar-refractivity contribution in [2.45, 2.75) is 4.90 Å². The number of hydrogen-bond donors (Lipinski definition) is 2. The molecule has 3 N–H and O–H groups in total. The van der Waals surface area contributed by atoms with Gasteiger partial charge in [-0.1, -0.05) is 23.2 Å². The molecule has 0 aliphatic carbocycles. The van der Waals surface area contributed by atoms with Crippen LogP contribution in [0.1, 0.15) is 0 Å². The van der Waals surface area contributed by atoms with Crippen LogP contribution in [0.15, 0.2) is 17.0 Å². The van der Waals surface area contributed by atoms with Crippen molar-refractivity contribution in [1.82, 2.24) is 0 Å². The van der Waals surface area contributed by atoms with E-state index in [4.69, 9.17) is 28.3 Å². The Morgan fingerprint density at radius 1 is 1.20 bits per heavy atom. The monoisotopic (exact) mass is 362 g/mol. The number of hydrogen-bond acceptors (Lipinski definition) is 5. The number of methoxy groups -OCH3 is 1. The number of rotatable bonds is 6. The van der Waals surface area contributed by atoms with Crippen molar-refractivity contribution in [3.63, 3.8) is 0 Å². The second-order valence-electron chi connectivity index (χ2n) is 3.72. The minimum Gasteiger partial charge on any atom is -0.384 e. The Bertz CT molecular complexity index is 680. The molecule has 0 saturated carbocycles. The summed E-state index contributed by atoms with van der Waals surface area (Å²) in [6.45, 7) is -0.0141. The fourth-order valence-electron chi connectivity index (χ4n) is 1.21. The van der Waals surface area contributed by atoms with Gasteiger partial charge in [0, 0.05) is 7.11 Å². The van der Waals surface area contributed by atoms with Crippen molar-refractivity contribution < 1.29 is 21.6 Å². The third kappa shape index (κ3) is 4.76. The quantitative estimate of drug-likeness (QED) is 0.783. The van der Waals surface area contributed by atoms with Crippen molar-refractivity contribution in [2.24, 2.45) is 5.14 Å². The maximum atomic E-state index is 11.7. The zero-order chi connectivity index (χ0) is 15.6. The Balaban J connectivity index is 3.16. The topological polar surface area (TPSA) is 116 Å². The summed E-state index contributed by atoms with van der Waals surface area (Å²) in [5.41, 5.74) is -0.114. The molecule has 1 rings (SSSR count). The van der Waals surface area contributed by atoms with E-state index in [1.165, 1.54) is 7.11 Å². The van der Waals surface area contributed by atoms with E-state index in [-0.39, 0.29) is 33.0 Å². The minimum atomic E-state index is -3.99. The minimum absolute atomic E-state index is 0.0141. The van der Waals surface area contributed by atoms with Crippen LogP contribution in [0.5, 0.6) is 0 Å². The van der Waals surface area contributed by atoms with Crippen molar-refractivity contribution >= 4 is 48.9 Å². The fourth-order valence-corrected chi connectivity index (χ4v) is 3.62. The summed E-state index contributed by atoms with van der Waals surface area (Å²) in [5.74, 6) is -0.299. The number of halogens is 2. The second kappa shape index (κ2) is 6.46. The van der Waals surface area contributed by atoms with Gasteiger partial charge >= 0.3 is 0 Å². The van der Waals surface area contributed by atoms with E-state index in [2.05, 4.69) is 9.46 Å². The van der Waals surface area contributed by atoms with Gasteiger partial charge < -0.3 is 4.74 Å². The largest absolute Gasteiger partial charge is 0.384 e. The van der Waals surface area contributed by atoms with E-state index >= 15 is 0 Å². The molecule has 114 valence electrons. The van der Waals surface area contributed by atoms with Crippen LogP contribution in [0.2, 0.25) is 10.0 Å². The molecule has 0 bridgehead atoms. The number of anilines is 1. The predicted molar refractivity (Wildman–Crippen MR) is 77.1 cm³/mol. The lowest BCUT2D eigenvalue weighted by atomic mass is 10.3. The van der Waals surface area contributed by atoms with Gasteiger partial charge in [-0.25, -0.2) is 22.0 Å². The Kier molecular flexibility index (Phi) is 5.64. The average molecular weight is 363 g/mol. The standard InChI is InChI=1S/C9H12Cl2N2O5S2/c1-18-2-3-19(14,15)13-9-7(10)4-6(5-8(9)11)20(12,16)17/h4-5,13H,2-3H2,1H3,(H2,12,16,17). The molecule has 1 aromatic rings. The molecule has 7 nitrogen and oxygen atoms in total. The first-order valence-corrected chi connectivity index (χ1v) is 9.03. The van der Waals surface area contributed by atoms with Crippen molar-refractivity contribution in [3.8, 4) is 0 Å². The molecule has 0 atom stereocenters. The van der Waals surface area contributed by atoms with E-state index in [0.717, 1.165) is 12.1 Å². The number of nitrogens with one attached hydrogen (secondary N) is 1. The summed E-state index contributed by atoms with van der Waals surface area (Å²) in [5, 5.41) is 4.58. The number of nitrogens with two attached hydrogens (primary N) is 1. The first-order valence-electron chi connectivity index (χ1n) is 5.08. The van der Waals surface area contributed by atoms with Gasteiger partial charge in [-0.3, -0.25) is 4.72 Å². The highest BCUT2D eigenvalue weighted by Crippen LogP contribution is 2.33. The van der Waals surface area contributed by atoms with Gasteiger partial charge in [-0.2, -0.15) is 0 Å². The Labute approximate surface area is 127 Å². The molecule has 0 aliphatic heterocycles. The van der Waals surface area contributed by atoms with Crippen LogP contribution in [0.4, 0.5) is 5.69 Å². The van der Waals surface area contributed by atoms with Gasteiger partial charge in [0.05, 0.1) is 33.0 Å². The van der Waals surface area contributed by atoms with E-state index in [1.807, 2.05) is 0 Å². The molecule has 0 amide bonds. The lowest BCUT2D eigenvalue weighted by Crippen LogP contribution is -2.20. The third-order valence-electron chi connectivity index (χ3n) is 2.16.